The van der Waals surface area contributed by atoms with Crippen molar-refractivity contribution in [3.63, 3.8) is 0 Å². The van der Waals surface area contributed by atoms with Gasteiger partial charge in [0.05, 0.1) is 12.1 Å². The standard InChI is InChI=1S/C14H15ClN2O3/c1-14(2,19)9-17-13(18)8-7-12(16-17)20-11-5-3-10(15)4-6-11/h3-8,19H,9H2,1-2H3. The highest BCUT2D eigenvalue weighted by Gasteiger charge is 2.15. The summed E-state index contributed by atoms with van der Waals surface area (Å²) in [6.45, 7) is 3.30. The molecule has 0 atom stereocenters. The number of halogens is 1. The maximum Gasteiger partial charge on any atom is 0.267 e. The van der Waals surface area contributed by atoms with E-state index in [1.807, 2.05) is 0 Å². The molecule has 0 radical (unpaired) electrons. The number of aliphatic hydroxyl groups is 1. The molecular weight excluding hydrogens is 280 g/mol. The molecule has 6 heteroatoms. The van der Waals surface area contributed by atoms with Crippen LogP contribution in [0.2, 0.25) is 5.02 Å². The third-order valence-electron chi connectivity index (χ3n) is 2.41. The average Bonchev–Trinajstić information content (AvgIpc) is 2.34. The molecule has 0 aliphatic carbocycles. The zero-order chi connectivity index (χ0) is 14.8. The summed E-state index contributed by atoms with van der Waals surface area (Å²) >= 11 is 5.79. The van der Waals surface area contributed by atoms with Crippen molar-refractivity contribution in [1.29, 1.82) is 0 Å². The van der Waals surface area contributed by atoms with Gasteiger partial charge in [-0.1, -0.05) is 11.6 Å². The summed E-state index contributed by atoms with van der Waals surface area (Å²) < 4.78 is 6.70. The minimum atomic E-state index is -1.03. The fourth-order valence-corrected chi connectivity index (χ4v) is 1.71. The van der Waals surface area contributed by atoms with Crippen LogP contribution in [0.25, 0.3) is 0 Å². The second-order valence-corrected chi connectivity index (χ2v) is 5.47. The van der Waals surface area contributed by atoms with Crippen LogP contribution in [0.3, 0.4) is 0 Å². The summed E-state index contributed by atoms with van der Waals surface area (Å²) in [5, 5.41) is 14.4. The minimum absolute atomic E-state index is 0.0870. The molecule has 2 aromatic rings. The van der Waals surface area contributed by atoms with Crippen LogP contribution in [0.5, 0.6) is 11.6 Å². The Morgan fingerprint density at radius 2 is 1.90 bits per heavy atom. The molecule has 2 rings (SSSR count). The maximum absolute atomic E-state index is 11.7. The third-order valence-corrected chi connectivity index (χ3v) is 2.67. The molecule has 1 aromatic carbocycles. The third kappa shape index (κ3) is 4.08. The van der Waals surface area contributed by atoms with Crippen LogP contribution in [-0.2, 0) is 6.54 Å². The molecule has 20 heavy (non-hydrogen) atoms. The zero-order valence-electron chi connectivity index (χ0n) is 11.2. The van der Waals surface area contributed by atoms with Crippen molar-refractivity contribution >= 4 is 11.6 Å². The number of rotatable bonds is 4. The van der Waals surface area contributed by atoms with E-state index in [4.69, 9.17) is 16.3 Å². The van der Waals surface area contributed by atoms with Crippen LogP contribution >= 0.6 is 11.6 Å². The fraction of sp³-hybridized carbons (Fsp3) is 0.286. The molecule has 0 saturated carbocycles. The molecule has 1 aromatic heterocycles. The van der Waals surface area contributed by atoms with Crippen molar-refractivity contribution in [3.8, 4) is 11.6 Å². The van der Waals surface area contributed by atoms with Gasteiger partial charge < -0.3 is 9.84 Å². The lowest BCUT2D eigenvalue weighted by Crippen LogP contribution is -2.33. The topological polar surface area (TPSA) is 64.3 Å². The summed E-state index contributed by atoms with van der Waals surface area (Å²) in [7, 11) is 0. The van der Waals surface area contributed by atoms with E-state index < -0.39 is 5.60 Å². The maximum atomic E-state index is 11.7. The van der Waals surface area contributed by atoms with E-state index in [9.17, 15) is 9.90 Å². The van der Waals surface area contributed by atoms with Crippen LogP contribution in [0, 0.1) is 0 Å². The molecule has 0 fully saturated rings. The highest BCUT2D eigenvalue weighted by Crippen LogP contribution is 2.20. The van der Waals surface area contributed by atoms with Gasteiger partial charge in [0.15, 0.2) is 0 Å². The van der Waals surface area contributed by atoms with E-state index in [0.29, 0.717) is 10.8 Å². The Bertz CT molecular complexity index is 645. The van der Waals surface area contributed by atoms with Crippen LogP contribution in [0.15, 0.2) is 41.2 Å². The molecule has 5 nitrogen and oxygen atoms in total. The lowest BCUT2D eigenvalue weighted by atomic mass is 10.1. The summed E-state index contributed by atoms with van der Waals surface area (Å²) in [5.74, 6) is 0.839. The molecule has 0 saturated heterocycles. The molecule has 0 aliphatic heterocycles. The lowest BCUT2D eigenvalue weighted by molar-refractivity contribution is 0.0556. The summed E-state index contributed by atoms with van der Waals surface area (Å²) in [6, 6.07) is 9.64. The first-order valence-corrected chi connectivity index (χ1v) is 6.45. The average molecular weight is 295 g/mol. The van der Waals surface area contributed by atoms with Crippen molar-refractivity contribution in [2.75, 3.05) is 0 Å². The Labute approximate surface area is 121 Å². The fourth-order valence-electron chi connectivity index (χ4n) is 1.59. The molecule has 106 valence electrons. The first-order chi connectivity index (χ1) is 9.33. The highest BCUT2D eigenvalue weighted by atomic mass is 35.5. The van der Waals surface area contributed by atoms with E-state index in [1.54, 1.807) is 38.1 Å². The van der Waals surface area contributed by atoms with Gasteiger partial charge in [0, 0.05) is 17.2 Å². The van der Waals surface area contributed by atoms with Gasteiger partial charge in [-0.25, -0.2) is 4.68 Å². The van der Waals surface area contributed by atoms with Gasteiger partial charge >= 0.3 is 0 Å². The normalized spacial score (nSPS) is 11.4. The summed E-state index contributed by atoms with van der Waals surface area (Å²) in [6.07, 6.45) is 0. The SMILES string of the molecule is CC(C)(O)Cn1nc(Oc2ccc(Cl)cc2)ccc1=O. The van der Waals surface area contributed by atoms with Crippen molar-refractivity contribution in [1.82, 2.24) is 9.78 Å². The van der Waals surface area contributed by atoms with E-state index in [2.05, 4.69) is 5.10 Å². The van der Waals surface area contributed by atoms with Gasteiger partial charge in [-0.2, -0.15) is 0 Å². The van der Waals surface area contributed by atoms with Crippen molar-refractivity contribution in [3.05, 3.63) is 51.8 Å². The van der Waals surface area contributed by atoms with Gasteiger partial charge in [0.2, 0.25) is 5.88 Å². The Balaban J connectivity index is 2.23. The first kappa shape index (κ1) is 14.6. The Morgan fingerprint density at radius 1 is 1.25 bits per heavy atom. The van der Waals surface area contributed by atoms with E-state index in [1.165, 1.54) is 16.8 Å². The Morgan fingerprint density at radius 3 is 2.50 bits per heavy atom. The van der Waals surface area contributed by atoms with Gasteiger partial charge in [-0.05, 0) is 38.1 Å². The van der Waals surface area contributed by atoms with E-state index in [0.717, 1.165) is 0 Å². The van der Waals surface area contributed by atoms with Gasteiger partial charge in [-0.15, -0.1) is 5.10 Å². The number of benzene rings is 1. The molecule has 0 bridgehead atoms. The summed E-state index contributed by atoms with van der Waals surface area (Å²) in [5.41, 5.74) is -1.33. The molecule has 0 spiro atoms. The van der Waals surface area contributed by atoms with Crippen molar-refractivity contribution < 1.29 is 9.84 Å². The molecule has 1 N–H and O–H groups in total. The molecule has 1 heterocycles. The van der Waals surface area contributed by atoms with E-state index >= 15 is 0 Å². The molecule has 0 amide bonds. The number of hydrogen-bond acceptors (Lipinski definition) is 4. The van der Waals surface area contributed by atoms with Crippen LogP contribution in [-0.4, -0.2) is 20.5 Å². The second-order valence-electron chi connectivity index (χ2n) is 5.04. The monoisotopic (exact) mass is 294 g/mol. The van der Waals surface area contributed by atoms with Crippen molar-refractivity contribution in [2.45, 2.75) is 26.0 Å². The predicted octanol–water partition coefficient (Wildman–Crippen LogP) is 2.46. The summed E-state index contributed by atoms with van der Waals surface area (Å²) in [4.78, 5) is 11.7. The first-order valence-electron chi connectivity index (χ1n) is 6.07. The zero-order valence-corrected chi connectivity index (χ0v) is 12.0. The van der Waals surface area contributed by atoms with Crippen LogP contribution in [0.4, 0.5) is 0 Å². The molecule has 0 unspecified atom stereocenters. The van der Waals surface area contributed by atoms with Gasteiger partial charge in [0.25, 0.3) is 5.56 Å². The number of hydrogen-bond donors (Lipinski definition) is 1. The highest BCUT2D eigenvalue weighted by molar-refractivity contribution is 6.30. The second kappa shape index (κ2) is 5.64. The quantitative estimate of drug-likeness (QED) is 0.941. The van der Waals surface area contributed by atoms with Crippen LogP contribution < -0.4 is 10.3 Å². The van der Waals surface area contributed by atoms with E-state index in [-0.39, 0.29) is 18.0 Å². The molecular formula is C14H15ClN2O3. The minimum Gasteiger partial charge on any atom is -0.438 e. The van der Waals surface area contributed by atoms with Gasteiger partial charge in [-0.3, -0.25) is 4.79 Å². The Hall–Kier alpha value is -1.85. The predicted molar refractivity (Wildman–Crippen MR) is 76.3 cm³/mol. The number of aromatic nitrogens is 2. The number of nitrogens with zero attached hydrogens (tertiary/aromatic N) is 2. The Kier molecular flexibility index (Phi) is 4.11. The lowest BCUT2D eigenvalue weighted by Gasteiger charge is -2.17. The smallest absolute Gasteiger partial charge is 0.267 e. The largest absolute Gasteiger partial charge is 0.438 e. The molecule has 0 aliphatic rings. The van der Waals surface area contributed by atoms with Gasteiger partial charge in [0.1, 0.15) is 5.75 Å². The van der Waals surface area contributed by atoms with Crippen LogP contribution in [0.1, 0.15) is 13.8 Å². The van der Waals surface area contributed by atoms with Crippen molar-refractivity contribution in [2.24, 2.45) is 0 Å². The number of ether oxygens (including phenoxy) is 1.